The number of hydrogen-bond acceptors (Lipinski definition) is 1. The van der Waals surface area contributed by atoms with Crippen LogP contribution in [0.4, 0.5) is 0 Å². The molecule has 1 aromatic carbocycles. The summed E-state index contributed by atoms with van der Waals surface area (Å²) in [6.07, 6.45) is 6.18. The van der Waals surface area contributed by atoms with Gasteiger partial charge in [-0.3, -0.25) is 4.79 Å². The number of benzene rings is 1. The number of hydrogen-bond donors (Lipinski definition) is 0. The van der Waals surface area contributed by atoms with Crippen LogP contribution in [0.3, 0.4) is 0 Å². The molecule has 0 amide bonds. The predicted molar refractivity (Wildman–Crippen MR) is 58.2 cm³/mol. The summed E-state index contributed by atoms with van der Waals surface area (Å²) in [5.74, 6) is 0. The molecular formula is C13H12O. The highest BCUT2D eigenvalue weighted by atomic mass is 16.1. The Kier molecular flexibility index (Phi) is 2.32. The van der Waals surface area contributed by atoms with Crippen LogP contribution in [0.15, 0.2) is 42.0 Å². The van der Waals surface area contributed by atoms with E-state index in [4.69, 9.17) is 0 Å². The largest absolute Gasteiger partial charge is 0.298 e. The lowest BCUT2D eigenvalue weighted by molar-refractivity contribution is 0.112. The molecule has 0 saturated heterocycles. The van der Waals surface area contributed by atoms with E-state index in [1.54, 1.807) is 0 Å². The van der Waals surface area contributed by atoms with E-state index >= 15 is 0 Å². The monoisotopic (exact) mass is 184 g/mol. The summed E-state index contributed by atoms with van der Waals surface area (Å²) in [6, 6.07) is 7.72. The summed E-state index contributed by atoms with van der Waals surface area (Å²) < 4.78 is 0. The van der Waals surface area contributed by atoms with E-state index in [1.807, 2.05) is 24.3 Å². The minimum atomic E-state index is 0.779. The summed E-state index contributed by atoms with van der Waals surface area (Å²) >= 11 is 0. The second-order valence-electron chi connectivity index (χ2n) is 3.53. The molecule has 1 nitrogen and oxygen atoms in total. The zero-order valence-corrected chi connectivity index (χ0v) is 8.16. The van der Waals surface area contributed by atoms with Crippen LogP contribution in [-0.2, 0) is 0 Å². The third-order valence-corrected chi connectivity index (χ3v) is 2.48. The van der Waals surface area contributed by atoms with Gasteiger partial charge in [0.15, 0.2) is 6.29 Å². The lowest BCUT2D eigenvalue weighted by atomic mass is 10.00. The van der Waals surface area contributed by atoms with Crippen LogP contribution in [0.25, 0.3) is 5.57 Å². The van der Waals surface area contributed by atoms with Gasteiger partial charge in [0.2, 0.25) is 0 Å². The van der Waals surface area contributed by atoms with Gasteiger partial charge in [0, 0.05) is 5.56 Å². The lowest BCUT2D eigenvalue weighted by Gasteiger charge is -2.04. The fourth-order valence-electron chi connectivity index (χ4n) is 1.74. The molecule has 14 heavy (non-hydrogen) atoms. The van der Waals surface area contributed by atoms with Crippen LogP contribution >= 0.6 is 0 Å². The van der Waals surface area contributed by atoms with Crippen LogP contribution in [0.2, 0.25) is 0 Å². The van der Waals surface area contributed by atoms with Gasteiger partial charge >= 0.3 is 0 Å². The molecule has 0 unspecified atom stereocenters. The smallest absolute Gasteiger partial charge is 0.150 e. The molecule has 1 aliphatic rings. The Bertz CT molecular complexity index is 425. The second kappa shape index (κ2) is 3.62. The van der Waals surface area contributed by atoms with Crippen molar-refractivity contribution in [2.75, 3.05) is 0 Å². The maximum absolute atomic E-state index is 10.8. The molecule has 0 radical (unpaired) electrons. The van der Waals surface area contributed by atoms with E-state index in [0.717, 1.165) is 23.8 Å². The normalized spacial score (nSPS) is 14.9. The van der Waals surface area contributed by atoms with Gasteiger partial charge in [-0.1, -0.05) is 42.0 Å². The van der Waals surface area contributed by atoms with Gasteiger partial charge in [-0.05, 0) is 24.5 Å². The van der Waals surface area contributed by atoms with Crippen LogP contribution in [0.5, 0.6) is 0 Å². The number of rotatable bonds is 2. The molecule has 0 spiro atoms. The molecule has 1 aliphatic carbocycles. The topological polar surface area (TPSA) is 17.1 Å². The highest BCUT2D eigenvalue weighted by molar-refractivity contribution is 5.87. The van der Waals surface area contributed by atoms with Crippen LogP contribution in [-0.4, -0.2) is 6.29 Å². The van der Waals surface area contributed by atoms with Crippen molar-refractivity contribution in [3.63, 3.8) is 0 Å². The van der Waals surface area contributed by atoms with Crippen molar-refractivity contribution >= 4 is 11.9 Å². The molecule has 0 aliphatic heterocycles. The van der Waals surface area contributed by atoms with E-state index < -0.39 is 0 Å². The highest BCUT2D eigenvalue weighted by Crippen LogP contribution is 2.28. The van der Waals surface area contributed by atoms with E-state index in [2.05, 4.69) is 19.1 Å². The molecule has 1 heteroatoms. The van der Waals surface area contributed by atoms with Crippen molar-refractivity contribution in [2.24, 2.45) is 0 Å². The summed E-state index contributed by atoms with van der Waals surface area (Å²) in [4.78, 5) is 10.8. The molecule has 1 aromatic rings. The molecule has 0 saturated carbocycles. The van der Waals surface area contributed by atoms with Crippen molar-refractivity contribution in [3.8, 4) is 0 Å². The number of carbonyl (C=O) groups excluding carboxylic acids is 1. The zero-order chi connectivity index (χ0) is 9.97. The fourth-order valence-corrected chi connectivity index (χ4v) is 1.74. The molecule has 0 atom stereocenters. The van der Waals surface area contributed by atoms with E-state index in [0.29, 0.717) is 0 Å². The molecule has 0 heterocycles. The third-order valence-electron chi connectivity index (χ3n) is 2.48. The first kappa shape index (κ1) is 8.95. The Hall–Kier alpha value is -1.63. The Morgan fingerprint density at radius 1 is 1.29 bits per heavy atom. The maximum atomic E-state index is 10.8. The number of allylic oxidation sites excluding steroid dienone is 4. The average Bonchev–Trinajstić information content (AvgIpc) is 2.65. The lowest BCUT2D eigenvalue weighted by Crippen LogP contribution is -1.89. The maximum Gasteiger partial charge on any atom is 0.150 e. The van der Waals surface area contributed by atoms with Crippen molar-refractivity contribution in [3.05, 3.63) is 53.1 Å². The van der Waals surface area contributed by atoms with Gasteiger partial charge in [0.25, 0.3) is 0 Å². The van der Waals surface area contributed by atoms with E-state index in [-0.39, 0.29) is 0 Å². The average molecular weight is 184 g/mol. The highest BCUT2D eigenvalue weighted by Gasteiger charge is 2.09. The van der Waals surface area contributed by atoms with Crippen molar-refractivity contribution in [1.29, 1.82) is 0 Å². The van der Waals surface area contributed by atoms with Gasteiger partial charge in [-0.2, -0.15) is 0 Å². The molecule has 70 valence electrons. The van der Waals surface area contributed by atoms with Crippen LogP contribution in [0.1, 0.15) is 29.3 Å². The number of aldehydes is 1. The van der Waals surface area contributed by atoms with Gasteiger partial charge < -0.3 is 0 Å². The molecular weight excluding hydrogens is 172 g/mol. The first-order valence-corrected chi connectivity index (χ1v) is 4.73. The summed E-state index contributed by atoms with van der Waals surface area (Å²) in [6.45, 7) is 2.08. The number of carbonyl (C=O) groups is 1. The molecule has 0 N–H and O–H groups in total. The quantitative estimate of drug-likeness (QED) is 0.645. The SMILES string of the molecule is CC1=CCC(c2ccccc2C=O)=C1. The molecule has 0 bridgehead atoms. The van der Waals surface area contributed by atoms with Gasteiger partial charge in [0.1, 0.15) is 0 Å². The Morgan fingerprint density at radius 3 is 2.71 bits per heavy atom. The zero-order valence-electron chi connectivity index (χ0n) is 8.16. The summed E-state index contributed by atoms with van der Waals surface area (Å²) in [5, 5.41) is 0. The predicted octanol–water partition coefficient (Wildman–Crippen LogP) is 3.23. The van der Waals surface area contributed by atoms with Gasteiger partial charge in [-0.25, -0.2) is 0 Å². The Balaban J connectivity index is 2.43. The molecule has 0 aromatic heterocycles. The minimum Gasteiger partial charge on any atom is -0.298 e. The second-order valence-corrected chi connectivity index (χ2v) is 3.53. The Labute approximate surface area is 83.8 Å². The van der Waals surface area contributed by atoms with E-state index in [9.17, 15) is 4.79 Å². The van der Waals surface area contributed by atoms with Crippen LogP contribution in [0, 0.1) is 0 Å². The summed E-state index contributed by atoms with van der Waals surface area (Å²) in [7, 11) is 0. The molecule has 0 fully saturated rings. The fraction of sp³-hybridized carbons (Fsp3) is 0.154. The van der Waals surface area contributed by atoms with Gasteiger partial charge in [0.05, 0.1) is 0 Å². The standard InChI is InChI=1S/C13H12O/c1-10-6-7-11(8-10)13-5-3-2-4-12(13)9-14/h2-6,8-9H,7H2,1H3. The van der Waals surface area contributed by atoms with Crippen molar-refractivity contribution < 1.29 is 4.79 Å². The first-order valence-electron chi connectivity index (χ1n) is 4.73. The molecule has 2 rings (SSSR count). The van der Waals surface area contributed by atoms with Crippen molar-refractivity contribution in [2.45, 2.75) is 13.3 Å². The van der Waals surface area contributed by atoms with E-state index in [1.165, 1.54) is 11.1 Å². The van der Waals surface area contributed by atoms with Gasteiger partial charge in [-0.15, -0.1) is 0 Å². The van der Waals surface area contributed by atoms with Crippen LogP contribution < -0.4 is 0 Å². The third kappa shape index (κ3) is 1.53. The minimum absolute atomic E-state index is 0.779. The first-order chi connectivity index (χ1) is 6.81. The van der Waals surface area contributed by atoms with Crippen molar-refractivity contribution in [1.82, 2.24) is 0 Å². The Morgan fingerprint density at radius 2 is 2.07 bits per heavy atom. The summed E-state index contributed by atoms with van der Waals surface area (Å²) in [5.41, 5.74) is 4.36.